The molecule has 2 fully saturated rings. The molecule has 0 spiro atoms. The number of hydrogen-bond acceptors (Lipinski definition) is 7. The van der Waals surface area contributed by atoms with E-state index in [2.05, 4.69) is 25.1 Å². The second-order valence-corrected chi connectivity index (χ2v) is 8.70. The van der Waals surface area contributed by atoms with Crippen LogP contribution in [0.3, 0.4) is 0 Å². The Bertz CT molecular complexity index is 925. The quantitative estimate of drug-likeness (QED) is 0.726. The molecule has 1 saturated carbocycles. The van der Waals surface area contributed by atoms with Crippen LogP contribution >= 0.6 is 12.4 Å². The predicted octanol–water partition coefficient (Wildman–Crippen LogP) is 1.68. The lowest BCUT2D eigenvalue weighted by atomic mass is 10.2. The molecule has 1 atom stereocenters. The molecule has 8 nitrogen and oxygen atoms in total. The highest BCUT2D eigenvalue weighted by molar-refractivity contribution is 7.89. The van der Waals surface area contributed by atoms with Gasteiger partial charge in [-0.3, -0.25) is 4.90 Å². The van der Waals surface area contributed by atoms with Gasteiger partial charge in [0, 0.05) is 31.8 Å². The summed E-state index contributed by atoms with van der Waals surface area (Å²) in [7, 11) is -1.37. The molecule has 10 heteroatoms. The van der Waals surface area contributed by atoms with Crippen molar-refractivity contribution in [2.45, 2.75) is 29.8 Å². The number of aromatic nitrogens is 2. The van der Waals surface area contributed by atoms with Crippen molar-refractivity contribution in [2.75, 3.05) is 26.7 Å². The van der Waals surface area contributed by atoms with E-state index in [-0.39, 0.29) is 29.4 Å². The first kappa shape index (κ1) is 20.9. The summed E-state index contributed by atoms with van der Waals surface area (Å²) in [5.74, 6) is 1.09. The van der Waals surface area contributed by atoms with E-state index in [1.165, 1.54) is 0 Å². The lowest BCUT2D eigenvalue weighted by Gasteiger charge is -2.30. The van der Waals surface area contributed by atoms with E-state index in [1.54, 1.807) is 30.3 Å². The molecule has 1 unspecified atom stereocenters. The van der Waals surface area contributed by atoms with Gasteiger partial charge in [-0.05, 0) is 43.7 Å². The largest absolute Gasteiger partial charge is 0.335 e. The van der Waals surface area contributed by atoms with Crippen molar-refractivity contribution in [1.82, 2.24) is 25.1 Å². The number of nitrogens with zero attached hydrogens (tertiary/aromatic N) is 3. The maximum Gasteiger partial charge on any atom is 0.250 e. The predicted molar refractivity (Wildman–Crippen MR) is 109 cm³/mol. The van der Waals surface area contributed by atoms with Gasteiger partial charge in [0.2, 0.25) is 10.0 Å². The van der Waals surface area contributed by atoms with Gasteiger partial charge >= 0.3 is 0 Å². The standard InChI is InChI=1S/C18H23N5O3S.ClH/c1-23-11-10-19-12-16(23)18-20-17(26-21-18)9-4-13-2-7-15(8-3-13)27(24,25)22-14-5-6-14;/h2-4,7-9,14,16,19,22H,5-6,10-12H2,1H3;1H/b9-4+;. The highest BCUT2D eigenvalue weighted by atomic mass is 35.5. The number of hydrogen-bond donors (Lipinski definition) is 2. The minimum Gasteiger partial charge on any atom is -0.335 e. The van der Waals surface area contributed by atoms with Crippen molar-refractivity contribution in [2.24, 2.45) is 0 Å². The van der Waals surface area contributed by atoms with E-state index in [0.717, 1.165) is 38.0 Å². The Kier molecular flexibility index (Phi) is 6.51. The Labute approximate surface area is 170 Å². The molecule has 152 valence electrons. The summed E-state index contributed by atoms with van der Waals surface area (Å²) in [5.41, 5.74) is 0.858. The minimum atomic E-state index is -3.42. The van der Waals surface area contributed by atoms with Crippen LogP contribution in [-0.4, -0.2) is 56.2 Å². The Hall–Kier alpha value is -1.78. The number of halogens is 1. The average molecular weight is 426 g/mol. The van der Waals surface area contributed by atoms with Crippen molar-refractivity contribution in [3.8, 4) is 0 Å². The second kappa shape index (κ2) is 8.71. The van der Waals surface area contributed by atoms with E-state index < -0.39 is 10.0 Å². The highest BCUT2D eigenvalue weighted by Crippen LogP contribution is 2.22. The summed E-state index contributed by atoms with van der Waals surface area (Å²) in [6.07, 6.45) is 5.39. The Balaban J connectivity index is 0.00000225. The van der Waals surface area contributed by atoms with Crippen molar-refractivity contribution in [3.63, 3.8) is 0 Å². The van der Waals surface area contributed by atoms with E-state index in [9.17, 15) is 8.42 Å². The van der Waals surface area contributed by atoms with Crippen LogP contribution in [0.2, 0.25) is 0 Å². The number of likely N-dealkylation sites (N-methyl/N-ethyl adjacent to an activating group) is 1. The first-order valence-corrected chi connectivity index (χ1v) is 10.5. The number of piperazine rings is 1. The SMILES string of the molecule is CN1CCNCC1c1noc(/C=C/c2ccc(S(=O)(=O)NC3CC3)cc2)n1.Cl. The van der Waals surface area contributed by atoms with Gasteiger partial charge in [0.05, 0.1) is 10.9 Å². The molecular formula is C18H24ClN5O3S. The fraction of sp³-hybridized carbons (Fsp3) is 0.444. The Morgan fingerprint density at radius 1 is 1.25 bits per heavy atom. The fourth-order valence-electron chi connectivity index (χ4n) is 2.96. The summed E-state index contributed by atoms with van der Waals surface area (Å²) in [5, 5.41) is 7.40. The maximum atomic E-state index is 12.2. The van der Waals surface area contributed by atoms with Gasteiger partial charge in [-0.15, -0.1) is 12.4 Å². The van der Waals surface area contributed by atoms with Crippen LogP contribution in [0.1, 0.15) is 36.2 Å². The van der Waals surface area contributed by atoms with Crippen LogP contribution in [0.25, 0.3) is 12.2 Å². The van der Waals surface area contributed by atoms with Gasteiger partial charge in [0.15, 0.2) is 5.82 Å². The number of benzene rings is 1. The van der Waals surface area contributed by atoms with E-state index >= 15 is 0 Å². The first-order chi connectivity index (χ1) is 13.0. The van der Waals surface area contributed by atoms with Gasteiger partial charge in [-0.2, -0.15) is 4.98 Å². The molecular weight excluding hydrogens is 402 g/mol. The molecule has 2 aromatic rings. The third-order valence-electron chi connectivity index (χ3n) is 4.77. The van der Waals surface area contributed by atoms with Gasteiger partial charge in [0.1, 0.15) is 0 Å². The molecule has 1 aliphatic carbocycles. The lowest BCUT2D eigenvalue weighted by molar-refractivity contribution is 0.190. The summed E-state index contributed by atoms with van der Waals surface area (Å²) >= 11 is 0. The van der Waals surface area contributed by atoms with Crippen molar-refractivity contribution < 1.29 is 12.9 Å². The summed E-state index contributed by atoms with van der Waals surface area (Å²) in [6.45, 7) is 2.69. The smallest absolute Gasteiger partial charge is 0.250 e. The number of nitrogens with one attached hydrogen (secondary N) is 2. The normalized spacial score (nSPS) is 21.0. The molecule has 1 aromatic carbocycles. The van der Waals surface area contributed by atoms with E-state index in [0.29, 0.717) is 11.7 Å². The van der Waals surface area contributed by atoms with Crippen molar-refractivity contribution in [1.29, 1.82) is 0 Å². The monoisotopic (exact) mass is 425 g/mol. The van der Waals surface area contributed by atoms with Crippen molar-refractivity contribution in [3.05, 3.63) is 41.5 Å². The number of sulfonamides is 1. The summed E-state index contributed by atoms with van der Waals surface area (Å²) in [6, 6.07) is 6.92. The molecule has 4 rings (SSSR count). The molecule has 2 N–H and O–H groups in total. The zero-order valence-corrected chi connectivity index (χ0v) is 17.2. The van der Waals surface area contributed by atoms with Crippen LogP contribution in [0, 0.1) is 0 Å². The van der Waals surface area contributed by atoms with Gasteiger partial charge in [-0.25, -0.2) is 13.1 Å². The molecule has 0 radical (unpaired) electrons. The van der Waals surface area contributed by atoms with Crippen LogP contribution in [0.4, 0.5) is 0 Å². The fourth-order valence-corrected chi connectivity index (χ4v) is 4.26. The second-order valence-electron chi connectivity index (χ2n) is 6.99. The third kappa shape index (κ3) is 4.98. The molecule has 1 aliphatic heterocycles. The zero-order chi connectivity index (χ0) is 18.9. The lowest BCUT2D eigenvalue weighted by Crippen LogP contribution is -2.44. The Morgan fingerprint density at radius 2 is 2.00 bits per heavy atom. The molecule has 1 saturated heterocycles. The molecule has 2 aliphatic rings. The molecule has 2 heterocycles. The van der Waals surface area contributed by atoms with Crippen LogP contribution in [-0.2, 0) is 10.0 Å². The molecule has 28 heavy (non-hydrogen) atoms. The van der Waals surface area contributed by atoms with E-state index in [4.69, 9.17) is 4.52 Å². The average Bonchev–Trinajstić information content (AvgIpc) is 3.33. The third-order valence-corrected chi connectivity index (χ3v) is 6.31. The summed E-state index contributed by atoms with van der Waals surface area (Å²) in [4.78, 5) is 6.92. The number of rotatable bonds is 6. The van der Waals surface area contributed by atoms with Gasteiger partial charge in [0.25, 0.3) is 5.89 Å². The van der Waals surface area contributed by atoms with Crippen LogP contribution in [0.5, 0.6) is 0 Å². The van der Waals surface area contributed by atoms with Gasteiger partial charge < -0.3 is 9.84 Å². The highest BCUT2D eigenvalue weighted by Gasteiger charge is 2.28. The first-order valence-electron chi connectivity index (χ1n) is 9.06. The molecule has 0 amide bonds. The van der Waals surface area contributed by atoms with E-state index in [1.807, 2.05) is 13.1 Å². The molecule has 0 bridgehead atoms. The minimum absolute atomic E-state index is 0. The van der Waals surface area contributed by atoms with Gasteiger partial charge in [-0.1, -0.05) is 17.3 Å². The summed E-state index contributed by atoms with van der Waals surface area (Å²) < 4.78 is 32.3. The van der Waals surface area contributed by atoms with Crippen molar-refractivity contribution >= 4 is 34.6 Å². The van der Waals surface area contributed by atoms with Crippen LogP contribution in [0.15, 0.2) is 33.7 Å². The Morgan fingerprint density at radius 3 is 2.68 bits per heavy atom. The molecule has 1 aromatic heterocycles. The van der Waals surface area contributed by atoms with Crippen LogP contribution < -0.4 is 10.0 Å². The topological polar surface area (TPSA) is 100 Å². The zero-order valence-electron chi connectivity index (χ0n) is 15.5. The maximum absolute atomic E-state index is 12.2.